The Bertz CT molecular complexity index is 1070. The number of urea groups is 1. The highest BCUT2D eigenvalue weighted by Crippen LogP contribution is 2.40. The fourth-order valence-electron chi connectivity index (χ4n) is 3.81. The number of rotatable bonds is 3. The molecule has 2 aliphatic rings. The highest BCUT2D eigenvalue weighted by atomic mass is 16.2. The van der Waals surface area contributed by atoms with Crippen molar-refractivity contribution >= 4 is 29.6 Å². The van der Waals surface area contributed by atoms with Crippen molar-refractivity contribution in [2.75, 3.05) is 28.2 Å². The zero-order chi connectivity index (χ0) is 19.8. The van der Waals surface area contributed by atoms with E-state index in [0.717, 1.165) is 36.5 Å². The lowest BCUT2D eigenvalue weighted by Gasteiger charge is -2.35. The van der Waals surface area contributed by atoms with Gasteiger partial charge in [-0.25, -0.2) is 14.8 Å². The van der Waals surface area contributed by atoms with Gasteiger partial charge in [-0.15, -0.1) is 0 Å². The van der Waals surface area contributed by atoms with Gasteiger partial charge >= 0.3 is 6.03 Å². The van der Waals surface area contributed by atoms with Gasteiger partial charge in [-0.1, -0.05) is 0 Å². The number of amides is 2. The molecule has 2 bridgehead atoms. The highest BCUT2D eigenvalue weighted by Gasteiger charge is 2.40. The molecule has 3 aromatic heterocycles. The summed E-state index contributed by atoms with van der Waals surface area (Å²) in [5.41, 5.74) is 3.09. The lowest BCUT2D eigenvalue weighted by atomic mass is 10.1. The Balaban J connectivity index is 1.52. The number of hydrogen-bond acceptors (Lipinski definition) is 7. The molecule has 0 radical (unpaired) electrons. The molecule has 144 valence electrons. The minimum atomic E-state index is -0.264. The predicted molar refractivity (Wildman–Crippen MR) is 110 cm³/mol. The van der Waals surface area contributed by atoms with Gasteiger partial charge in [0.15, 0.2) is 11.6 Å². The topological polar surface area (TPSA) is 111 Å². The molecule has 0 aromatic carbocycles. The molecule has 0 spiro atoms. The third-order valence-corrected chi connectivity index (χ3v) is 5.20. The van der Waals surface area contributed by atoms with Gasteiger partial charge in [0.05, 0.1) is 29.3 Å². The van der Waals surface area contributed by atoms with E-state index in [2.05, 4.69) is 25.2 Å². The number of nitrogens with one attached hydrogen (secondary N) is 2. The first-order chi connectivity index (χ1) is 14.2. The molecule has 2 amide bonds. The molecular weight excluding hydrogens is 368 g/mol. The van der Waals surface area contributed by atoms with Crippen LogP contribution in [0.25, 0.3) is 11.3 Å². The van der Waals surface area contributed by atoms with E-state index in [1.807, 2.05) is 18.2 Å². The third kappa shape index (κ3) is 3.06. The third-order valence-electron chi connectivity index (χ3n) is 5.20. The van der Waals surface area contributed by atoms with Crippen LogP contribution in [0.3, 0.4) is 0 Å². The summed E-state index contributed by atoms with van der Waals surface area (Å²) in [7, 11) is 0. The first-order valence-corrected chi connectivity index (χ1v) is 9.32. The molecule has 9 nitrogen and oxygen atoms in total. The summed E-state index contributed by atoms with van der Waals surface area (Å²) in [6.07, 6.45) is 8.40. The summed E-state index contributed by atoms with van der Waals surface area (Å²) in [4.78, 5) is 34.3. The Hall–Kier alpha value is -3.88. The smallest absolute Gasteiger partial charge is 0.329 e. The molecule has 2 N–H and O–H groups in total. The second kappa shape index (κ2) is 6.93. The predicted octanol–water partition coefficient (Wildman–Crippen LogP) is 2.56. The maximum Gasteiger partial charge on any atom is 0.329 e. The molecule has 1 fully saturated rings. The Morgan fingerprint density at radius 2 is 2.10 bits per heavy atom. The lowest BCUT2D eigenvalue weighted by molar-refractivity contribution is 0.254. The number of fused-ring (bicyclic) bond motifs is 4. The summed E-state index contributed by atoms with van der Waals surface area (Å²) in [6.45, 7) is 1.68. The minimum absolute atomic E-state index is 0.0559. The minimum Gasteiger partial charge on any atom is -0.366 e. The Kier molecular flexibility index (Phi) is 4.12. The molecule has 1 saturated heterocycles. The van der Waals surface area contributed by atoms with Crippen molar-refractivity contribution in [3.63, 3.8) is 0 Å². The van der Waals surface area contributed by atoms with Gasteiger partial charge in [0, 0.05) is 43.5 Å². The second-order valence-electron chi connectivity index (χ2n) is 6.93. The van der Waals surface area contributed by atoms with Crippen LogP contribution in [0.4, 0.5) is 22.1 Å². The van der Waals surface area contributed by atoms with E-state index in [9.17, 15) is 4.79 Å². The number of anilines is 3. The van der Waals surface area contributed by atoms with E-state index in [0.29, 0.717) is 17.3 Å². The summed E-state index contributed by atoms with van der Waals surface area (Å²) in [6, 6.07) is 7.39. The van der Waals surface area contributed by atoms with E-state index in [4.69, 9.17) is 10.4 Å². The van der Waals surface area contributed by atoms with Gasteiger partial charge in [0.25, 0.3) is 0 Å². The molecule has 29 heavy (non-hydrogen) atoms. The maximum atomic E-state index is 13.1. The summed E-state index contributed by atoms with van der Waals surface area (Å²) < 4.78 is 0. The molecule has 3 aromatic rings. The van der Waals surface area contributed by atoms with Crippen LogP contribution in [0.15, 0.2) is 49.1 Å². The van der Waals surface area contributed by atoms with Crippen molar-refractivity contribution in [1.29, 1.82) is 5.41 Å². The van der Waals surface area contributed by atoms with Crippen molar-refractivity contribution in [1.82, 2.24) is 19.9 Å². The van der Waals surface area contributed by atoms with Crippen LogP contribution < -0.4 is 15.1 Å². The number of aromatic nitrogens is 4. The highest BCUT2D eigenvalue weighted by molar-refractivity contribution is 6.04. The number of hydrogen-bond donors (Lipinski definition) is 2. The van der Waals surface area contributed by atoms with Crippen molar-refractivity contribution in [3.05, 3.63) is 54.7 Å². The largest absolute Gasteiger partial charge is 0.366 e. The van der Waals surface area contributed by atoms with Crippen molar-refractivity contribution in [3.8, 4) is 11.3 Å². The van der Waals surface area contributed by atoms with E-state index in [1.165, 1.54) is 12.4 Å². The molecule has 5 heterocycles. The fraction of sp³-hybridized carbons (Fsp3) is 0.200. The van der Waals surface area contributed by atoms with Crippen molar-refractivity contribution < 1.29 is 4.79 Å². The molecule has 2 aliphatic heterocycles. The average molecular weight is 386 g/mol. The maximum absolute atomic E-state index is 13.1. The molecule has 1 unspecified atom stereocenters. The van der Waals surface area contributed by atoms with Gasteiger partial charge in [0.1, 0.15) is 0 Å². The SMILES string of the molecule is N=Cc1ccc(-c2ccc3c(n2)N(C(=O)Nc2cnccn2)C2CCN3C2)cn1. The van der Waals surface area contributed by atoms with E-state index in [-0.39, 0.29) is 12.1 Å². The van der Waals surface area contributed by atoms with Crippen LogP contribution in [0.5, 0.6) is 0 Å². The Morgan fingerprint density at radius 1 is 1.17 bits per heavy atom. The van der Waals surface area contributed by atoms with E-state index >= 15 is 0 Å². The quantitative estimate of drug-likeness (QED) is 0.669. The second-order valence-corrected chi connectivity index (χ2v) is 6.93. The van der Waals surface area contributed by atoms with Gasteiger partial charge in [0.2, 0.25) is 0 Å². The normalized spacial score (nSPS) is 17.0. The zero-order valence-corrected chi connectivity index (χ0v) is 15.5. The van der Waals surface area contributed by atoms with Gasteiger partial charge in [-0.3, -0.25) is 20.2 Å². The van der Waals surface area contributed by atoms with Crippen LogP contribution in [-0.2, 0) is 0 Å². The average Bonchev–Trinajstić information content (AvgIpc) is 3.18. The van der Waals surface area contributed by atoms with E-state index in [1.54, 1.807) is 29.6 Å². The zero-order valence-electron chi connectivity index (χ0n) is 15.5. The summed E-state index contributed by atoms with van der Waals surface area (Å²) in [5, 5.41) is 10.1. The van der Waals surface area contributed by atoms with Crippen LogP contribution in [0.1, 0.15) is 12.1 Å². The van der Waals surface area contributed by atoms with Crippen LogP contribution in [0.2, 0.25) is 0 Å². The fourth-order valence-corrected chi connectivity index (χ4v) is 3.81. The Morgan fingerprint density at radius 3 is 2.86 bits per heavy atom. The van der Waals surface area contributed by atoms with Gasteiger partial charge in [-0.2, -0.15) is 0 Å². The molecule has 1 atom stereocenters. The Labute approximate surface area is 167 Å². The number of carbonyl (C=O) groups excluding carboxylic acids is 1. The van der Waals surface area contributed by atoms with Gasteiger partial charge < -0.3 is 10.3 Å². The monoisotopic (exact) mass is 386 g/mol. The van der Waals surface area contributed by atoms with Gasteiger partial charge in [-0.05, 0) is 30.7 Å². The summed E-state index contributed by atoms with van der Waals surface area (Å²) >= 11 is 0. The molecule has 0 saturated carbocycles. The van der Waals surface area contributed by atoms with E-state index < -0.39 is 0 Å². The molecule has 5 rings (SSSR count). The number of carbonyl (C=O) groups is 1. The van der Waals surface area contributed by atoms with Crippen LogP contribution in [0, 0.1) is 5.41 Å². The van der Waals surface area contributed by atoms with Crippen LogP contribution in [-0.4, -0.2) is 51.3 Å². The lowest BCUT2D eigenvalue weighted by Crippen LogP contribution is -2.48. The first-order valence-electron chi connectivity index (χ1n) is 9.32. The van der Waals surface area contributed by atoms with Crippen LogP contribution >= 0.6 is 0 Å². The first kappa shape index (κ1) is 17.2. The standard InChI is InChI=1S/C20H18N8O/c21-9-14-2-1-13(10-24-14)16-3-4-17-19(25-16)28(15-5-8-27(17)12-15)20(29)26-18-11-22-6-7-23-18/h1-4,6-7,9-11,15,21H,5,8,12H2,(H,23,26,29). The number of pyridine rings is 2. The van der Waals surface area contributed by atoms with Crippen molar-refractivity contribution in [2.24, 2.45) is 0 Å². The number of nitrogens with zero attached hydrogens (tertiary/aromatic N) is 6. The summed E-state index contributed by atoms with van der Waals surface area (Å²) in [5.74, 6) is 1.04. The molecular formula is C20H18N8O. The molecule has 9 heteroatoms. The molecule has 0 aliphatic carbocycles. The van der Waals surface area contributed by atoms with Crippen molar-refractivity contribution in [2.45, 2.75) is 12.5 Å².